The number of hydrogen-bond acceptors (Lipinski definition) is 10. The normalized spacial score (nSPS) is 13.5. The summed E-state index contributed by atoms with van der Waals surface area (Å²) in [6.45, 7) is 12.5. The summed E-state index contributed by atoms with van der Waals surface area (Å²) in [5, 5.41) is 0. The van der Waals surface area contributed by atoms with E-state index < -0.39 is 47.9 Å². The molecule has 0 saturated carbocycles. The Bertz CT molecular complexity index is 960. The quantitative estimate of drug-likeness (QED) is 0.209. The van der Waals surface area contributed by atoms with Gasteiger partial charge in [0.1, 0.15) is 23.9 Å². The highest BCUT2D eigenvalue weighted by atomic mass is 16.7. The van der Waals surface area contributed by atoms with Gasteiger partial charge in [-0.3, -0.25) is 14.4 Å². The van der Waals surface area contributed by atoms with E-state index in [0.29, 0.717) is 24.8 Å². The van der Waals surface area contributed by atoms with Crippen molar-refractivity contribution in [3.8, 4) is 11.5 Å². The minimum atomic E-state index is -1.05. The minimum Gasteiger partial charge on any atom is -0.458 e. The number of unbranched alkanes of at least 4 members (excludes halogenated alkanes) is 2. The molecule has 0 aliphatic carbocycles. The zero-order valence-corrected chi connectivity index (χ0v) is 24.4. The molecule has 1 aromatic rings. The Kier molecular flexibility index (Phi) is 14.5. The van der Waals surface area contributed by atoms with Crippen molar-refractivity contribution < 1.29 is 42.9 Å². The Morgan fingerprint density at radius 3 is 1.92 bits per heavy atom. The van der Waals surface area contributed by atoms with Gasteiger partial charge in [-0.05, 0) is 71.1 Å². The van der Waals surface area contributed by atoms with Gasteiger partial charge in [-0.25, -0.2) is 4.79 Å². The summed E-state index contributed by atoms with van der Waals surface area (Å²) >= 11 is 0. The largest absolute Gasteiger partial charge is 0.509 e. The Hall–Kier alpha value is -3.14. The van der Waals surface area contributed by atoms with Gasteiger partial charge in [-0.1, -0.05) is 39.7 Å². The van der Waals surface area contributed by atoms with Gasteiger partial charge in [0, 0.05) is 12.8 Å². The third-order valence-corrected chi connectivity index (χ3v) is 6.14. The number of esters is 3. The van der Waals surface area contributed by atoms with E-state index in [2.05, 4.69) is 0 Å². The van der Waals surface area contributed by atoms with Crippen molar-refractivity contribution in [2.45, 2.75) is 124 Å². The molecule has 39 heavy (non-hydrogen) atoms. The fourth-order valence-electron chi connectivity index (χ4n) is 3.11. The van der Waals surface area contributed by atoms with Gasteiger partial charge < -0.3 is 29.4 Å². The van der Waals surface area contributed by atoms with Gasteiger partial charge in [-0.15, -0.1) is 0 Å². The van der Waals surface area contributed by atoms with Crippen molar-refractivity contribution in [3.05, 3.63) is 23.8 Å². The van der Waals surface area contributed by atoms with Crippen molar-refractivity contribution in [1.82, 2.24) is 0 Å². The van der Waals surface area contributed by atoms with Crippen LogP contribution < -0.4 is 15.2 Å². The molecule has 0 spiro atoms. The van der Waals surface area contributed by atoms with Crippen LogP contribution in [0.4, 0.5) is 4.79 Å². The molecule has 0 aliphatic rings. The number of carbonyl (C=O) groups is 4. The molecule has 0 heterocycles. The summed E-state index contributed by atoms with van der Waals surface area (Å²) in [6.07, 6.45) is 1.75. The van der Waals surface area contributed by atoms with E-state index in [-0.39, 0.29) is 30.8 Å². The van der Waals surface area contributed by atoms with E-state index in [9.17, 15) is 19.2 Å². The maximum atomic E-state index is 12.6. The second kappa shape index (κ2) is 16.7. The first-order valence-corrected chi connectivity index (χ1v) is 13.7. The van der Waals surface area contributed by atoms with Crippen molar-refractivity contribution in [1.29, 1.82) is 0 Å². The van der Waals surface area contributed by atoms with Gasteiger partial charge in [0.2, 0.25) is 0 Å². The summed E-state index contributed by atoms with van der Waals surface area (Å²) in [7, 11) is 0. The van der Waals surface area contributed by atoms with Crippen LogP contribution in [0.1, 0.15) is 99.0 Å². The molecule has 0 saturated heterocycles. The monoisotopic (exact) mass is 551 g/mol. The Morgan fingerprint density at radius 1 is 0.846 bits per heavy atom. The summed E-state index contributed by atoms with van der Waals surface area (Å²) in [6, 6.07) is 3.63. The number of benzene rings is 1. The highest BCUT2D eigenvalue weighted by molar-refractivity contribution is 5.77. The zero-order chi connectivity index (χ0) is 29.6. The first-order chi connectivity index (χ1) is 18.3. The van der Waals surface area contributed by atoms with Crippen LogP contribution >= 0.6 is 0 Å². The fraction of sp³-hybridized carbons (Fsp3) is 0.655. The van der Waals surface area contributed by atoms with Gasteiger partial charge in [0.25, 0.3) is 0 Å². The van der Waals surface area contributed by atoms with Gasteiger partial charge in [0.05, 0.1) is 0 Å². The van der Waals surface area contributed by atoms with Crippen molar-refractivity contribution in [2.24, 2.45) is 5.73 Å². The predicted octanol–water partition coefficient (Wildman–Crippen LogP) is 5.41. The zero-order valence-electron chi connectivity index (χ0n) is 24.4. The highest BCUT2D eigenvalue weighted by Gasteiger charge is 2.28. The Labute approximate surface area is 231 Å². The lowest BCUT2D eigenvalue weighted by atomic mass is 10.1. The molecule has 220 valence electrons. The lowest BCUT2D eigenvalue weighted by molar-refractivity contribution is -0.156. The van der Waals surface area contributed by atoms with E-state index in [4.69, 9.17) is 29.4 Å². The van der Waals surface area contributed by atoms with E-state index in [0.717, 1.165) is 12.8 Å². The Balaban J connectivity index is 2.86. The smallest absolute Gasteiger partial charge is 0.458 e. The lowest BCUT2D eigenvalue weighted by Crippen LogP contribution is -2.40. The van der Waals surface area contributed by atoms with Crippen LogP contribution in [0, 0.1) is 0 Å². The van der Waals surface area contributed by atoms with Gasteiger partial charge in [-0.2, -0.15) is 0 Å². The van der Waals surface area contributed by atoms with Crippen molar-refractivity contribution >= 4 is 24.1 Å². The second-order valence-corrected chi connectivity index (χ2v) is 10.2. The van der Waals surface area contributed by atoms with Crippen molar-refractivity contribution in [3.63, 3.8) is 0 Å². The molecule has 2 N–H and O–H groups in total. The molecule has 3 atom stereocenters. The summed E-state index contributed by atoms with van der Waals surface area (Å²) in [5.41, 5.74) is 5.99. The van der Waals surface area contributed by atoms with E-state index in [1.807, 2.05) is 20.8 Å². The van der Waals surface area contributed by atoms with Crippen LogP contribution in [0.5, 0.6) is 11.5 Å². The molecular weight excluding hydrogens is 506 g/mol. The van der Waals surface area contributed by atoms with Crippen LogP contribution in [-0.4, -0.2) is 47.9 Å². The van der Waals surface area contributed by atoms with Crippen LogP contribution in [0.15, 0.2) is 18.2 Å². The topological polar surface area (TPSA) is 140 Å². The first kappa shape index (κ1) is 33.9. The molecule has 1 rings (SSSR count). The number of rotatable bonds is 16. The molecule has 0 unspecified atom stereocenters. The highest BCUT2D eigenvalue weighted by Crippen LogP contribution is 2.30. The van der Waals surface area contributed by atoms with E-state index in [1.165, 1.54) is 12.1 Å². The molecule has 0 radical (unpaired) electrons. The fourth-order valence-corrected chi connectivity index (χ4v) is 3.11. The average molecular weight is 552 g/mol. The number of hydrogen-bond donors (Lipinski definition) is 1. The molecular formula is C29H45NO9. The SMILES string of the molecule is CCCCC(=O)Oc1ccc(C[C@H](N)C(=O)O[C@@H](C)[C@H](C)OC(=O)OC(C)(C)CC)cc1OC(=O)CCCC. The molecule has 0 aromatic heterocycles. The molecule has 10 nitrogen and oxygen atoms in total. The van der Waals surface area contributed by atoms with E-state index >= 15 is 0 Å². The third kappa shape index (κ3) is 13.0. The van der Waals surface area contributed by atoms with Gasteiger partial charge in [0.15, 0.2) is 11.5 Å². The minimum absolute atomic E-state index is 0.0666. The first-order valence-electron chi connectivity index (χ1n) is 13.7. The van der Waals surface area contributed by atoms with Gasteiger partial charge >= 0.3 is 24.1 Å². The van der Waals surface area contributed by atoms with Crippen LogP contribution in [0.25, 0.3) is 0 Å². The molecule has 1 aromatic carbocycles. The molecule has 10 heteroatoms. The maximum absolute atomic E-state index is 12.6. The van der Waals surface area contributed by atoms with Crippen molar-refractivity contribution in [2.75, 3.05) is 0 Å². The number of carbonyl (C=O) groups excluding carboxylic acids is 4. The molecule has 0 amide bonds. The van der Waals surface area contributed by atoms with Crippen LogP contribution in [-0.2, 0) is 35.0 Å². The summed E-state index contributed by atoms with van der Waals surface area (Å²) < 4.78 is 26.8. The summed E-state index contributed by atoms with van der Waals surface area (Å²) in [4.78, 5) is 49.1. The Morgan fingerprint density at radius 2 is 1.38 bits per heavy atom. The molecule has 0 fully saturated rings. The molecule has 0 aliphatic heterocycles. The molecule has 0 bridgehead atoms. The maximum Gasteiger partial charge on any atom is 0.509 e. The third-order valence-electron chi connectivity index (χ3n) is 6.14. The number of ether oxygens (including phenoxy) is 5. The second-order valence-electron chi connectivity index (χ2n) is 10.2. The predicted molar refractivity (Wildman–Crippen MR) is 145 cm³/mol. The lowest BCUT2D eigenvalue weighted by Gasteiger charge is -2.26. The van der Waals surface area contributed by atoms with Crippen LogP contribution in [0.2, 0.25) is 0 Å². The standard InChI is InChI=1S/C29H45NO9/c1-8-11-13-25(31)37-23-16-15-21(18-24(23)38-26(32)14-12-9-2)17-22(30)27(33)35-19(4)20(5)36-28(34)39-29(6,7)10-3/h15-16,18-20,22H,8-14,17,30H2,1-7H3/t19-,20-,22-/m0/s1. The summed E-state index contributed by atoms with van der Waals surface area (Å²) in [5.74, 6) is -1.37. The number of nitrogens with two attached hydrogens (primary N) is 1. The van der Waals surface area contributed by atoms with E-state index in [1.54, 1.807) is 33.8 Å². The average Bonchev–Trinajstić information content (AvgIpc) is 2.87. The van der Waals surface area contributed by atoms with Crippen LogP contribution in [0.3, 0.4) is 0 Å².